The van der Waals surface area contributed by atoms with Crippen LogP contribution in [0.4, 0.5) is 9.18 Å². The van der Waals surface area contributed by atoms with E-state index in [9.17, 15) is 9.18 Å². The standard InChI is InChI=1S/C24H23FN4O3S/c25-19-2-1-3-20-21(19)28-23(33-20)32-18-6-4-17(5-7-18)31-9-8-29-16-10-14-12-24(14,29)13-15(11-16)27-22(26)30/h1-7,13-14,16H,8-12H2,(H3,26,27,30)/t14?,16?,24-/m1/s1. The van der Waals surface area contributed by atoms with Gasteiger partial charge in [0.2, 0.25) is 0 Å². The predicted molar refractivity (Wildman–Crippen MR) is 123 cm³/mol. The lowest BCUT2D eigenvalue weighted by Gasteiger charge is -2.37. The van der Waals surface area contributed by atoms with Crippen LogP contribution >= 0.6 is 11.3 Å². The predicted octanol–water partition coefficient (Wildman–Crippen LogP) is 4.40. The average molecular weight is 467 g/mol. The van der Waals surface area contributed by atoms with E-state index in [0.717, 1.165) is 42.0 Å². The van der Waals surface area contributed by atoms with Crippen LogP contribution in [0.3, 0.4) is 0 Å². The molecule has 3 atom stereocenters. The third-order valence-electron chi connectivity index (χ3n) is 6.80. The van der Waals surface area contributed by atoms with Gasteiger partial charge >= 0.3 is 6.03 Å². The number of hydrogen-bond acceptors (Lipinski definition) is 6. The Morgan fingerprint density at radius 2 is 2.09 bits per heavy atom. The van der Waals surface area contributed by atoms with Crippen molar-refractivity contribution in [1.29, 1.82) is 0 Å². The molecule has 33 heavy (non-hydrogen) atoms. The molecule has 6 rings (SSSR count). The summed E-state index contributed by atoms with van der Waals surface area (Å²) in [5.74, 6) is 1.70. The molecule has 2 fully saturated rings. The minimum atomic E-state index is -0.492. The van der Waals surface area contributed by atoms with E-state index < -0.39 is 6.03 Å². The molecule has 3 heterocycles. The maximum atomic E-state index is 13.8. The lowest BCUT2D eigenvalue weighted by atomic mass is 10.0. The molecule has 9 heteroatoms. The Morgan fingerprint density at radius 1 is 1.27 bits per heavy atom. The number of amides is 2. The molecule has 1 saturated carbocycles. The van der Waals surface area contributed by atoms with Crippen molar-refractivity contribution in [1.82, 2.24) is 15.2 Å². The quantitative estimate of drug-likeness (QED) is 0.539. The minimum absolute atomic E-state index is 0.0679. The summed E-state index contributed by atoms with van der Waals surface area (Å²) in [6.07, 6.45) is 5.31. The number of nitrogens with two attached hydrogens (primary N) is 1. The van der Waals surface area contributed by atoms with E-state index in [4.69, 9.17) is 15.2 Å². The van der Waals surface area contributed by atoms with Gasteiger partial charge in [0, 0.05) is 30.2 Å². The molecule has 2 bridgehead atoms. The number of halogens is 1. The fourth-order valence-electron chi connectivity index (χ4n) is 5.38. The molecule has 1 saturated heterocycles. The van der Waals surface area contributed by atoms with Gasteiger partial charge in [-0.05, 0) is 61.2 Å². The molecule has 1 spiro atoms. The van der Waals surface area contributed by atoms with Crippen molar-refractivity contribution >= 4 is 27.6 Å². The first-order valence-electron chi connectivity index (χ1n) is 11.0. The zero-order chi connectivity index (χ0) is 22.6. The zero-order valence-electron chi connectivity index (χ0n) is 17.8. The van der Waals surface area contributed by atoms with Gasteiger partial charge in [0.25, 0.3) is 5.19 Å². The number of nitrogens with one attached hydrogen (secondary N) is 1. The number of ether oxygens (including phenoxy) is 2. The molecule has 3 aromatic rings. The van der Waals surface area contributed by atoms with Crippen LogP contribution < -0.4 is 20.5 Å². The van der Waals surface area contributed by atoms with Crippen molar-refractivity contribution in [3.63, 3.8) is 0 Å². The van der Waals surface area contributed by atoms with Gasteiger partial charge in [0.1, 0.15) is 29.4 Å². The van der Waals surface area contributed by atoms with Crippen LogP contribution in [-0.4, -0.2) is 40.6 Å². The van der Waals surface area contributed by atoms with E-state index in [0.29, 0.717) is 35.0 Å². The Hall–Kier alpha value is -3.17. The van der Waals surface area contributed by atoms with Crippen LogP contribution in [-0.2, 0) is 0 Å². The van der Waals surface area contributed by atoms with Crippen LogP contribution in [0, 0.1) is 11.7 Å². The Morgan fingerprint density at radius 3 is 2.85 bits per heavy atom. The second-order valence-corrected chi connectivity index (χ2v) is 9.82. The van der Waals surface area contributed by atoms with Crippen molar-refractivity contribution in [2.45, 2.75) is 30.8 Å². The fraction of sp³-hybridized carbons (Fsp3) is 0.333. The summed E-state index contributed by atoms with van der Waals surface area (Å²) >= 11 is 1.31. The summed E-state index contributed by atoms with van der Waals surface area (Å²) in [7, 11) is 0. The van der Waals surface area contributed by atoms with Gasteiger partial charge in [0.05, 0.1) is 4.70 Å². The highest BCUT2D eigenvalue weighted by atomic mass is 32.1. The molecule has 2 aromatic carbocycles. The summed E-state index contributed by atoms with van der Waals surface area (Å²) < 4.78 is 26.4. The summed E-state index contributed by atoms with van der Waals surface area (Å²) in [5.41, 5.74) is 6.65. The molecule has 3 N–H and O–H groups in total. The molecule has 170 valence electrons. The Bertz CT molecular complexity index is 1260. The highest BCUT2D eigenvalue weighted by molar-refractivity contribution is 7.20. The van der Waals surface area contributed by atoms with E-state index in [2.05, 4.69) is 21.3 Å². The molecule has 2 amide bonds. The van der Waals surface area contributed by atoms with E-state index in [1.807, 2.05) is 30.3 Å². The normalized spacial score (nSPS) is 25.4. The maximum absolute atomic E-state index is 13.8. The molecule has 2 aliphatic heterocycles. The number of carbonyl (C=O) groups is 1. The molecule has 3 aliphatic rings. The number of aromatic nitrogens is 1. The number of urea groups is 1. The molecular weight excluding hydrogens is 443 g/mol. The van der Waals surface area contributed by atoms with Gasteiger partial charge in [-0.3, -0.25) is 4.90 Å². The molecule has 2 unspecified atom stereocenters. The van der Waals surface area contributed by atoms with Crippen molar-refractivity contribution < 1.29 is 18.7 Å². The van der Waals surface area contributed by atoms with E-state index in [1.165, 1.54) is 17.4 Å². The minimum Gasteiger partial charge on any atom is -0.492 e. The van der Waals surface area contributed by atoms with Crippen LogP contribution in [0.1, 0.15) is 19.3 Å². The Kier molecular flexibility index (Phi) is 4.77. The topological polar surface area (TPSA) is 89.7 Å². The largest absolute Gasteiger partial charge is 0.492 e. The van der Waals surface area contributed by atoms with Crippen molar-refractivity contribution in [3.05, 3.63) is 60.1 Å². The van der Waals surface area contributed by atoms with Crippen molar-refractivity contribution in [2.75, 3.05) is 13.2 Å². The van der Waals surface area contributed by atoms with Crippen LogP contribution in [0.15, 0.2) is 54.2 Å². The molecular formula is C24H23FN4O3S. The fourth-order valence-corrected chi connectivity index (χ4v) is 6.23. The van der Waals surface area contributed by atoms with Crippen molar-refractivity contribution in [2.24, 2.45) is 11.7 Å². The lowest BCUT2D eigenvalue weighted by molar-refractivity contribution is 0.133. The number of primary amides is 1. The van der Waals surface area contributed by atoms with Gasteiger partial charge in [-0.2, -0.15) is 4.98 Å². The second kappa shape index (κ2) is 7.71. The number of carbonyl (C=O) groups excluding carboxylic acids is 1. The highest BCUT2D eigenvalue weighted by Gasteiger charge is 2.65. The number of rotatable bonds is 7. The summed E-state index contributed by atoms with van der Waals surface area (Å²) in [5, 5.41) is 3.18. The van der Waals surface area contributed by atoms with Crippen LogP contribution in [0.2, 0.25) is 0 Å². The number of piperidine rings is 1. The number of thiazole rings is 1. The molecule has 1 aromatic heterocycles. The number of nitrogens with zero attached hydrogens (tertiary/aromatic N) is 2. The van der Waals surface area contributed by atoms with Crippen LogP contribution in [0.5, 0.6) is 16.7 Å². The average Bonchev–Trinajstić information content (AvgIpc) is 3.17. The Balaban J connectivity index is 1.05. The number of para-hydroxylation sites is 1. The first-order valence-corrected chi connectivity index (χ1v) is 11.8. The Labute approximate surface area is 194 Å². The zero-order valence-corrected chi connectivity index (χ0v) is 18.6. The smallest absolute Gasteiger partial charge is 0.316 e. The summed E-state index contributed by atoms with van der Waals surface area (Å²) in [6, 6.07) is 12.2. The lowest BCUT2D eigenvalue weighted by Crippen LogP contribution is -2.47. The SMILES string of the molecule is NC(=O)NC1=C[C@]23CC2CC(C1)N3CCOc1ccc(Oc2nc3c(F)cccc3s2)cc1. The van der Waals surface area contributed by atoms with Crippen LogP contribution in [0.25, 0.3) is 10.2 Å². The third-order valence-corrected chi connectivity index (χ3v) is 7.69. The van der Waals surface area contributed by atoms with Gasteiger partial charge in [-0.15, -0.1) is 0 Å². The number of fused-ring (bicyclic) bond motifs is 2. The maximum Gasteiger partial charge on any atom is 0.316 e. The van der Waals surface area contributed by atoms with E-state index in [-0.39, 0.29) is 11.4 Å². The van der Waals surface area contributed by atoms with Gasteiger partial charge in [0.15, 0.2) is 0 Å². The van der Waals surface area contributed by atoms with Gasteiger partial charge < -0.3 is 20.5 Å². The summed E-state index contributed by atoms with van der Waals surface area (Å²) in [6.45, 7) is 1.41. The van der Waals surface area contributed by atoms with E-state index in [1.54, 1.807) is 6.07 Å². The van der Waals surface area contributed by atoms with Gasteiger partial charge in [-0.1, -0.05) is 17.4 Å². The molecule has 7 nitrogen and oxygen atoms in total. The third kappa shape index (κ3) is 3.71. The molecule has 1 aliphatic carbocycles. The van der Waals surface area contributed by atoms with Crippen molar-refractivity contribution in [3.8, 4) is 16.7 Å². The van der Waals surface area contributed by atoms with Gasteiger partial charge in [-0.25, -0.2) is 9.18 Å². The first-order chi connectivity index (χ1) is 16.0. The van der Waals surface area contributed by atoms with E-state index >= 15 is 0 Å². The highest BCUT2D eigenvalue weighted by Crippen LogP contribution is 2.62. The number of benzene rings is 2. The first kappa shape index (κ1) is 20.4. The second-order valence-electron chi connectivity index (χ2n) is 8.83. The summed E-state index contributed by atoms with van der Waals surface area (Å²) in [4.78, 5) is 18.0. The number of hydrogen-bond donors (Lipinski definition) is 2. The molecule has 0 radical (unpaired) electrons. The monoisotopic (exact) mass is 466 g/mol.